The standard InChI is InChI=1S/C9H18NO4Si.HI/c1-9-7-14-8-10(9)5-6-15(11-2,12-3)13-4;/h7-8H,5-6H2,1-4H3;1H/q+1;/p-1. The highest BCUT2D eigenvalue weighted by molar-refractivity contribution is 6.60. The summed E-state index contributed by atoms with van der Waals surface area (Å²) in [6, 6.07) is 0.724. The van der Waals surface area contributed by atoms with Gasteiger partial charge in [-0.2, -0.15) is 4.57 Å². The Balaban J connectivity index is 0.00000225. The van der Waals surface area contributed by atoms with Crippen molar-refractivity contribution in [3.63, 3.8) is 0 Å². The molecule has 0 atom stereocenters. The summed E-state index contributed by atoms with van der Waals surface area (Å²) >= 11 is 0. The van der Waals surface area contributed by atoms with E-state index in [0.29, 0.717) is 0 Å². The summed E-state index contributed by atoms with van der Waals surface area (Å²) in [5.41, 5.74) is 1.07. The van der Waals surface area contributed by atoms with Crippen molar-refractivity contribution in [3.8, 4) is 0 Å². The zero-order chi connectivity index (χ0) is 11.3. The fourth-order valence-corrected chi connectivity index (χ4v) is 3.02. The zero-order valence-electron chi connectivity index (χ0n) is 10.0. The van der Waals surface area contributed by atoms with Crippen LogP contribution in [0.5, 0.6) is 0 Å². The number of aromatic nitrogens is 1. The smallest absolute Gasteiger partial charge is 0.506 e. The molecule has 1 heterocycles. The molecular weight excluding hydrogens is 341 g/mol. The van der Waals surface area contributed by atoms with E-state index in [9.17, 15) is 0 Å². The Morgan fingerprint density at radius 3 is 2.19 bits per heavy atom. The Bertz CT molecular complexity index is 295. The largest absolute Gasteiger partial charge is 1.00 e. The van der Waals surface area contributed by atoms with Crippen LogP contribution in [0, 0.1) is 6.92 Å². The second kappa shape index (κ2) is 7.38. The lowest BCUT2D eigenvalue weighted by molar-refractivity contribution is -0.702. The van der Waals surface area contributed by atoms with Crippen LogP contribution in [0.25, 0.3) is 0 Å². The molecule has 0 amide bonds. The third-order valence-electron chi connectivity index (χ3n) is 2.47. The number of rotatable bonds is 6. The summed E-state index contributed by atoms with van der Waals surface area (Å²) in [4.78, 5) is 0. The second-order valence-corrected chi connectivity index (χ2v) is 6.33. The quantitative estimate of drug-likeness (QED) is 0.327. The highest BCUT2D eigenvalue weighted by Crippen LogP contribution is 2.12. The van der Waals surface area contributed by atoms with Crippen LogP contribution in [0.3, 0.4) is 0 Å². The maximum absolute atomic E-state index is 5.32. The molecule has 1 aromatic heterocycles. The van der Waals surface area contributed by atoms with Crippen LogP contribution in [0.4, 0.5) is 0 Å². The van der Waals surface area contributed by atoms with Crippen molar-refractivity contribution in [1.29, 1.82) is 0 Å². The molecule has 0 aliphatic carbocycles. The van der Waals surface area contributed by atoms with Gasteiger partial charge in [0.05, 0.1) is 6.04 Å². The van der Waals surface area contributed by atoms with Crippen LogP contribution in [-0.2, 0) is 19.8 Å². The first-order valence-electron chi connectivity index (χ1n) is 4.75. The van der Waals surface area contributed by atoms with E-state index >= 15 is 0 Å². The first kappa shape index (κ1) is 16.0. The van der Waals surface area contributed by atoms with Gasteiger partial charge >= 0.3 is 15.2 Å². The van der Waals surface area contributed by atoms with E-state index in [-0.39, 0.29) is 24.0 Å². The minimum Gasteiger partial charge on any atom is -1.00 e. The number of hydrogen-bond acceptors (Lipinski definition) is 4. The number of halogens is 1. The number of nitrogens with zero attached hydrogens (tertiary/aromatic N) is 1. The van der Waals surface area contributed by atoms with Crippen LogP contribution >= 0.6 is 0 Å². The molecule has 5 nitrogen and oxygen atoms in total. The SMILES string of the molecule is CO[Si](CC[n+]1cocc1C)(OC)OC.[I-]. The molecule has 16 heavy (non-hydrogen) atoms. The Kier molecular flexibility index (Phi) is 7.40. The van der Waals surface area contributed by atoms with Crippen molar-refractivity contribution < 1.29 is 46.2 Å². The summed E-state index contributed by atoms with van der Waals surface area (Å²) < 4.78 is 23.0. The van der Waals surface area contributed by atoms with Gasteiger partial charge in [-0.05, 0) is 0 Å². The summed E-state index contributed by atoms with van der Waals surface area (Å²) in [7, 11) is 2.39. The zero-order valence-corrected chi connectivity index (χ0v) is 13.2. The Morgan fingerprint density at radius 1 is 1.25 bits per heavy atom. The van der Waals surface area contributed by atoms with Gasteiger partial charge in [0.1, 0.15) is 0 Å². The predicted molar refractivity (Wildman–Crippen MR) is 55.2 cm³/mol. The van der Waals surface area contributed by atoms with E-state index in [4.69, 9.17) is 17.7 Å². The first-order chi connectivity index (χ1) is 7.17. The lowest BCUT2D eigenvalue weighted by atomic mass is 10.5. The predicted octanol–water partition coefficient (Wildman–Crippen LogP) is -2.24. The molecule has 0 aliphatic rings. The summed E-state index contributed by atoms with van der Waals surface area (Å²) in [6.45, 7) is 2.75. The lowest BCUT2D eigenvalue weighted by Gasteiger charge is -2.22. The summed E-state index contributed by atoms with van der Waals surface area (Å²) in [5.74, 6) is 0. The van der Waals surface area contributed by atoms with Gasteiger partial charge in [-0.3, -0.25) is 0 Å². The average Bonchev–Trinajstić information content (AvgIpc) is 2.67. The maximum Gasteiger partial charge on any atom is 0.506 e. The fourth-order valence-electron chi connectivity index (χ4n) is 1.40. The number of hydrogen-bond donors (Lipinski definition) is 0. The van der Waals surface area contributed by atoms with Gasteiger partial charge < -0.3 is 41.7 Å². The fraction of sp³-hybridized carbons (Fsp3) is 0.667. The molecule has 0 N–H and O–H groups in total. The van der Waals surface area contributed by atoms with Gasteiger partial charge in [0, 0.05) is 28.3 Å². The third-order valence-corrected chi connectivity index (χ3v) is 5.17. The van der Waals surface area contributed by atoms with Crippen molar-refractivity contribution in [1.82, 2.24) is 0 Å². The second-order valence-electron chi connectivity index (χ2n) is 3.24. The minimum atomic E-state index is -2.46. The van der Waals surface area contributed by atoms with E-state index in [0.717, 1.165) is 18.3 Å². The average molecular weight is 359 g/mol. The van der Waals surface area contributed by atoms with Gasteiger partial charge in [0.2, 0.25) is 5.69 Å². The molecule has 0 saturated carbocycles. The molecule has 0 spiro atoms. The van der Waals surface area contributed by atoms with Gasteiger partial charge in [0.25, 0.3) is 0 Å². The maximum atomic E-state index is 5.32. The van der Waals surface area contributed by atoms with Gasteiger partial charge in [-0.15, -0.1) is 0 Å². The lowest BCUT2D eigenvalue weighted by Crippen LogP contribution is -3.00. The molecule has 94 valence electrons. The van der Waals surface area contributed by atoms with Crippen LogP contribution in [0.1, 0.15) is 5.69 Å². The van der Waals surface area contributed by atoms with Crippen LogP contribution in [0.15, 0.2) is 17.1 Å². The van der Waals surface area contributed by atoms with Crippen molar-refractivity contribution in [2.45, 2.75) is 19.5 Å². The van der Waals surface area contributed by atoms with Gasteiger partial charge in [-0.25, -0.2) is 0 Å². The van der Waals surface area contributed by atoms with Crippen LogP contribution in [-0.4, -0.2) is 30.1 Å². The van der Waals surface area contributed by atoms with Crippen molar-refractivity contribution in [2.75, 3.05) is 21.3 Å². The Hall–Kier alpha value is 0.0369. The van der Waals surface area contributed by atoms with Gasteiger partial charge in [0.15, 0.2) is 12.8 Å². The Labute approximate surface area is 114 Å². The molecule has 0 fully saturated rings. The topological polar surface area (TPSA) is 44.7 Å². The molecule has 0 radical (unpaired) electrons. The van der Waals surface area contributed by atoms with Crippen molar-refractivity contribution in [2.24, 2.45) is 0 Å². The van der Waals surface area contributed by atoms with Crippen LogP contribution in [0.2, 0.25) is 6.04 Å². The van der Waals surface area contributed by atoms with Gasteiger partial charge in [-0.1, -0.05) is 0 Å². The molecular formula is C9H18INO4Si. The molecule has 7 heteroatoms. The van der Waals surface area contributed by atoms with Crippen LogP contribution < -0.4 is 28.5 Å². The van der Waals surface area contributed by atoms with E-state index in [1.54, 1.807) is 34.0 Å². The monoisotopic (exact) mass is 359 g/mol. The van der Waals surface area contributed by atoms with E-state index in [1.165, 1.54) is 0 Å². The number of aryl methyl sites for hydroxylation is 2. The summed E-state index contributed by atoms with van der Waals surface area (Å²) in [6.07, 6.45) is 3.38. The molecule has 0 saturated heterocycles. The number of oxazole rings is 1. The van der Waals surface area contributed by atoms with Crippen molar-refractivity contribution >= 4 is 8.80 Å². The molecule has 0 bridgehead atoms. The molecule has 0 aromatic carbocycles. The van der Waals surface area contributed by atoms with E-state index in [2.05, 4.69) is 0 Å². The minimum absolute atomic E-state index is 0. The highest BCUT2D eigenvalue weighted by Gasteiger charge is 2.39. The molecule has 1 aromatic rings. The highest BCUT2D eigenvalue weighted by atomic mass is 127. The van der Waals surface area contributed by atoms with E-state index < -0.39 is 8.80 Å². The first-order valence-corrected chi connectivity index (χ1v) is 6.68. The summed E-state index contributed by atoms with van der Waals surface area (Å²) in [5, 5.41) is 0. The third kappa shape index (κ3) is 3.81. The normalized spacial score (nSPS) is 11.2. The molecule has 1 rings (SSSR count). The van der Waals surface area contributed by atoms with Crippen molar-refractivity contribution in [3.05, 3.63) is 18.4 Å². The Morgan fingerprint density at radius 2 is 1.81 bits per heavy atom. The molecule has 0 unspecified atom stereocenters. The van der Waals surface area contributed by atoms with E-state index in [1.807, 2.05) is 11.5 Å². The molecule has 0 aliphatic heterocycles.